The summed E-state index contributed by atoms with van der Waals surface area (Å²) in [6.07, 6.45) is 3.29. The van der Waals surface area contributed by atoms with E-state index >= 15 is 0 Å². The molecule has 2 saturated heterocycles. The van der Waals surface area contributed by atoms with Crippen molar-refractivity contribution in [2.75, 3.05) is 24.5 Å². The SMILES string of the molecule is CC1(O)CCN(Cc2ccc(N3CC(NC(=O)c4nnc(CCc5ccc(Cl)cc5)s4)CC3=O)cc2)CC1. The van der Waals surface area contributed by atoms with Gasteiger partial charge in [0.15, 0.2) is 0 Å². The number of nitrogens with one attached hydrogen (secondary N) is 1. The van der Waals surface area contributed by atoms with Crippen molar-refractivity contribution in [3.63, 3.8) is 0 Å². The number of halogens is 1. The Morgan fingerprint density at radius 1 is 1.08 bits per heavy atom. The summed E-state index contributed by atoms with van der Waals surface area (Å²) in [7, 11) is 0. The Labute approximate surface area is 231 Å². The molecule has 0 saturated carbocycles. The molecular weight excluding hydrogens is 522 g/mol. The summed E-state index contributed by atoms with van der Waals surface area (Å²) in [4.78, 5) is 29.6. The van der Waals surface area contributed by atoms with Crippen LogP contribution in [0.25, 0.3) is 0 Å². The van der Waals surface area contributed by atoms with Gasteiger partial charge in [-0.2, -0.15) is 0 Å². The van der Waals surface area contributed by atoms with E-state index in [1.54, 1.807) is 4.90 Å². The highest BCUT2D eigenvalue weighted by Crippen LogP contribution is 2.25. The van der Waals surface area contributed by atoms with Crippen molar-refractivity contribution in [2.45, 2.75) is 57.2 Å². The van der Waals surface area contributed by atoms with Crippen molar-refractivity contribution in [1.82, 2.24) is 20.4 Å². The smallest absolute Gasteiger partial charge is 0.282 e. The monoisotopic (exact) mass is 553 g/mol. The largest absolute Gasteiger partial charge is 0.390 e. The van der Waals surface area contributed by atoms with Gasteiger partial charge in [0.05, 0.1) is 11.6 Å². The number of hydrogen-bond acceptors (Lipinski definition) is 7. The second kappa shape index (κ2) is 11.5. The molecule has 1 atom stereocenters. The third-order valence-corrected chi connectivity index (χ3v) is 8.48. The van der Waals surface area contributed by atoms with Gasteiger partial charge in [-0.25, -0.2) is 0 Å². The molecule has 8 nitrogen and oxygen atoms in total. The second-order valence-electron chi connectivity index (χ2n) is 10.4. The van der Waals surface area contributed by atoms with Crippen LogP contribution in [0.1, 0.15) is 52.1 Å². The number of aryl methyl sites for hydroxylation is 2. The third-order valence-electron chi connectivity index (χ3n) is 7.25. The molecule has 1 aromatic heterocycles. The van der Waals surface area contributed by atoms with Crippen molar-refractivity contribution in [3.05, 3.63) is 74.7 Å². The number of likely N-dealkylation sites (tertiary alicyclic amines) is 1. The molecule has 0 aliphatic carbocycles. The highest BCUT2D eigenvalue weighted by Gasteiger charge is 2.32. The molecule has 0 radical (unpaired) electrons. The van der Waals surface area contributed by atoms with Crippen LogP contribution in [0, 0.1) is 0 Å². The molecule has 3 heterocycles. The zero-order chi connectivity index (χ0) is 26.7. The molecule has 5 rings (SSSR count). The first-order valence-corrected chi connectivity index (χ1v) is 14.2. The minimum atomic E-state index is -0.557. The van der Waals surface area contributed by atoms with Crippen molar-refractivity contribution in [1.29, 1.82) is 0 Å². The lowest BCUT2D eigenvalue weighted by Crippen LogP contribution is -2.41. The highest BCUT2D eigenvalue weighted by molar-refractivity contribution is 7.13. The van der Waals surface area contributed by atoms with E-state index in [0.29, 0.717) is 23.0 Å². The van der Waals surface area contributed by atoms with E-state index in [4.69, 9.17) is 11.6 Å². The van der Waals surface area contributed by atoms with Crippen molar-refractivity contribution in [3.8, 4) is 0 Å². The number of benzene rings is 2. The maximum Gasteiger partial charge on any atom is 0.282 e. The van der Waals surface area contributed by atoms with Crippen LogP contribution in [0.5, 0.6) is 0 Å². The summed E-state index contributed by atoms with van der Waals surface area (Å²) >= 11 is 7.22. The lowest BCUT2D eigenvalue weighted by atomic mass is 9.93. The van der Waals surface area contributed by atoms with Gasteiger partial charge in [-0.05, 0) is 61.6 Å². The number of amides is 2. The average molecular weight is 554 g/mol. The molecule has 2 aliphatic rings. The third kappa shape index (κ3) is 6.77. The number of piperidine rings is 1. The Morgan fingerprint density at radius 3 is 2.47 bits per heavy atom. The molecule has 3 aromatic rings. The molecule has 0 spiro atoms. The van der Waals surface area contributed by atoms with Crippen LogP contribution in [-0.2, 0) is 24.2 Å². The lowest BCUT2D eigenvalue weighted by Gasteiger charge is -2.35. The highest BCUT2D eigenvalue weighted by atomic mass is 35.5. The van der Waals surface area contributed by atoms with Crippen LogP contribution in [0.2, 0.25) is 5.02 Å². The van der Waals surface area contributed by atoms with Gasteiger partial charge in [-0.1, -0.05) is 47.2 Å². The fourth-order valence-corrected chi connectivity index (χ4v) is 5.75. The Morgan fingerprint density at radius 2 is 1.76 bits per heavy atom. The molecular formula is C28H32ClN5O3S. The van der Waals surface area contributed by atoms with Crippen LogP contribution in [0.3, 0.4) is 0 Å². The fourth-order valence-electron chi connectivity index (χ4n) is 4.88. The predicted molar refractivity (Wildman–Crippen MR) is 149 cm³/mol. The van der Waals surface area contributed by atoms with Gasteiger partial charge in [-0.3, -0.25) is 14.5 Å². The fraction of sp³-hybridized carbons (Fsp3) is 0.429. The van der Waals surface area contributed by atoms with E-state index in [2.05, 4.69) is 20.4 Å². The van der Waals surface area contributed by atoms with Gasteiger partial charge < -0.3 is 15.3 Å². The van der Waals surface area contributed by atoms with Crippen molar-refractivity contribution < 1.29 is 14.7 Å². The number of nitrogens with zero attached hydrogens (tertiary/aromatic N) is 4. The van der Waals surface area contributed by atoms with Gasteiger partial charge in [0, 0.05) is 49.7 Å². The van der Waals surface area contributed by atoms with E-state index < -0.39 is 5.60 Å². The van der Waals surface area contributed by atoms with Crippen molar-refractivity contribution in [2.24, 2.45) is 0 Å². The maximum absolute atomic E-state index is 12.8. The minimum absolute atomic E-state index is 0.0118. The Balaban J connectivity index is 1.11. The van der Waals surface area contributed by atoms with E-state index in [0.717, 1.165) is 55.2 Å². The van der Waals surface area contributed by atoms with Crippen LogP contribution in [0.15, 0.2) is 48.5 Å². The van der Waals surface area contributed by atoms with Crippen LogP contribution in [0.4, 0.5) is 5.69 Å². The predicted octanol–water partition coefficient (Wildman–Crippen LogP) is 3.86. The van der Waals surface area contributed by atoms with Crippen LogP contribution >= 0.6 is 22.9 Å². The van der Waals surface area contributed by atoms with E-state index in [1.165, 1.54) is 16.9 Å². The lowest BCUT2D eigenvalue weighted by molar-refractivity contribution is -0.117. The van der Waals surface area contributed by atoms with Gasteiger partial charge >= 0.3 is 0 Å². The second-order valence-corrected chi connectivity index (χ2v) is 11.9. The van der Waals surface area contributed by atoms with Crippen molar-refractivity contribution >= 4 is 40.4 Å². The Hall–Kier alpha value is -2.85. The summed E-state index contributed by atoms with van der Waals surface area (Å²) in [5, 5.41) is 23.1. The topological polar surface area (TPSA) is 98.7 Å². The molecule has 200 valence electrons. The molecule has 1 unspecified atom stereocenters. The number of carbonyl (C=O) groups excluding carboxylic acids is 2. The molecule has 2 fully saturated rings. The first-order valence-electron chi connectivity index (χ1n) is 13.0. The Bertz CT molecular complexity index is 1270. The summed E-state index contributed by atoms with van der Waals surface area (Å²) in [5.41, 5.74) is 2.60. The van der Waals surface area contributed by atoms with Gasteiger partial charge in [0.25, 0.3) is 5.91 Å². The van der Waals surface area contributed by atoms with E-state index in [9.17, 15) is 14.7 Å². The quantitative estimate of drug-likeness (QED) is 0.439. The van der Waals surface area contributed by atoms with E-state index in [-0.39, 0.29) is 24.3 Å². The summed E-state index contributed by atoms with van der Waals surface area (Å²) in [6.45, 7) is 4.90. The van der Waals surface area contributed by atoms with Gasteiger partial charge in [0.2, 0.25) is 10.9 Å². The molecule has 0 bridgehead atoms. The van der Waals surface area contributed by atoms with Gasteiger partial charge in [-0.15, -0.1) is 10.2 Å². The standard InChI is InChI=1S/C28H32ClN5O3S/c1-28(37)12-14-33(15-13-28)17-20-4-9-23(10-5-20)34-18-22(16-25(34)35)30-26(36)27-32-31-24(38-27)11-6-19-2-7-21(29)8-3-19/h2-5,7-10,22,37H,6,11-18H2,1H3,(H,30,36). The number of rotatable bonds is 8. The molecule has 2 aromatic carbocycles. The summed E-state index contributed by atoms with van der Waals surface area (Å²) in [6, 6.07) is 15.4. The molecule has 38 heavy (non-hydrogen) atoms. The average Bonchev–Trinajstić information content (AvgIpc) is 3.52. The molecule has 2 aliphatic heterocycles. The van der Waals surface area contributed by atoms with Crippen LogP contribution < -0.4 is 10.2 Å². The first kappa shape index (κ1) is 26.7. The normalized spacial score (nSPS) is 19.6. The number of aliphatic hydroxyl groups is 1. The number of carbonyl (C=O) groups is 2. The number of aromatic nitrogens is 2. The maximum atomic E-state index is 12.8. The van der Waals surface area contributed by atoms with Crippen LogP contribution in [-0.4, -0.2) is 63.3 Å². The summed E-state index contributed by atoms with van der Waals surface area (Å²) in [5.74, 6) is -0.307. The number of anilines is 1. The zero-order valence-corrected chi connectivity index (χ0v) is 23.0. The minimum Gasteiger partial charge on any atom is -0.390 e. The first-order chi connectivity index (χ1) is 18.2. The van der Waals surface area contributed by atoms with Gasteiger partial charge in [0.1, 0.15) is 5.01 Å². The zero-order valence-electron chi connectivity index (χ0n) is 21.4. The Kier molecular flexibility index (Phi) is 8.09. The number of hydrogen-bond donors (Lipinski definition) is 2. The molecule has 10 heteroatoms. The van der Waals surface area contributed by atoms with E-state index in [1.807, 2.05) is 55.5 Å². The molecule has 2 amide bonds. The summed E-state index contributed by atoms with van der Waals surface area (Å²) < 4.78 is 0. The molecule has 2 N–H and O–H groups in total.